The molecule has 5 atom stereocenters. The van der Waals surface area contributed by atoms with Crippen LogP contribution in [0.15, 0.2) is 71.6 Å². The van der Waals surface area contributed by atoms with Gasteiger partial charge in [-0.3, -0.25) is 0 Å². The zero-order valence-electron chi connectivity index (χ0n) is 25.7. The van der Waals surface area contributed by atoms with Crippen LogP contribution in [0.4, 0.5) is 0 Å². The van der Waals surface area contributed by atoms with E-state index >= 15 is 0 Å². The number of sulfone groups is 1. The highest BCUT2D eigenvalue weighted by Crippen LogP contribution is 2.40. The van der Waals surface area contributed by atoms with Gasteiger partial charge < -0.3 is 20.7 Å². The second-order valence-corrected chi connectivity index (χ2v) is 14.8. The first kappa shape index (κ1) is 35.4. The summed E-state index contributed by atoms with van der Waals surface area (Å²) in [5, 5.41) is 13.3. The van der Waals surface area contributed by atoms with Crippen LogP contribution < -0.4 is 20.7 Å². The fraction of sp³-hybridized carbons (Fsp3) is 0.543. The SMILES string of the molecule is Br.Br.CCCCCOc1ccc(S(=O)(=O)[C@H]2[C@H](NCc3ccc4ccccc4c3)[C@@H]3N[C@H]2C[C@H]3CNC2CCCCC2)cc1. The molecule has 0 aromatic heterocycles. The van der Waals surface area contributed by atoms with Gasteiger partial charge >= 0.3 is 0 Å². The highest BCUT2D eigenvalue weighted by atomic mass is 79.9. The van der Waals surface area contributed by atoms with Crippen LogP contribution in [0.25, 0.3) is 10.8 Å². The monoisotopic (exact) mass is 749 g/mol. The molecule has 1 aliphatic carbocycles. The maximum absolute atomic E-state index is 14.2. The van der Waals surface area contributed by atoms with Crippen LogP contribution in [0, 0.1) is 5.92 Å². The largest absolute Gasteiger partial charge is 0.494 e. The summed E-state index contributed by atoms with van der Waals surface area (Å²) in [5.41, 5.74) is 1.18. The van der Waals surface area contributed by atoms with Gasteiger partial charge in [-0.2, -0.15) is 0 Å². The molecule has 3 fully saturated rings. The molecule has 0 unspecified atom stereocenters. The van der Waals surface area contributed by atoms with Crippen molar-refractivity contribution in [1.29, 1.82) is 0 Å². The molecule has 3 aromatic rings. The molecule has 2 aliphatic heterocycles. The van der Waals surface area contributed by atoms with Crippen molar-refractivity contribution >= 4 is 54.6 Å². The van der Waals surface area contributed by atoms with E-state index in [1.165, 1.54) is 48.4 Å². The fourth-order valence-corrected chi connectivity index (χ4v) is 9.60. The van der Waals surface area contributed by atoms with E-state index in [0.717, 1.165) is 38.0 Å². The maximum Gasteiger partial charge on any atom is 0.184 e. The normalized spacial score (nSPS) is 25.0. The minimum Gasteiger partial charge on any atom is -0.494 e. The Hall–Kier alpha value is -1.49. The number of halogens is 2. The molecular formula is C35H49Br2N3O3S. The second-order valence-electron chi connectivity index (χ2n) is 12.7. The van der Waals surface area contributed by atoms with E-state index in [9.17, 15) is 8.42 Å². The lowest BCUT2D eigenvalue weighted by molar-refractivity contribution is 0.285. The van der Waals surface area contributed by atoms with Crippen LogP contribution in [-0.4, -0.2) is 51.0 Å². The predicted octanol–water partition coefficient (Wildman–Crippen LogP) is 7.15. The lowest BCUT2D eigenvalue weighted by Gasteiger charge is -2.36. The summed E-state index contributed by atoms with van der Waals surface area (Å²) in [5.74, 6) is 1.15. The third-order valence-electron chi connectivity index (χ3n) is 9.77. The molecule has 2 saturated heterocycles. The summed E-state index contributed by atoms with van der Waals surface area (Å²) in [6.45, 7) is 4.42. The predicted molar refractivity (Wildman–Crippen MR) is 191 cm³/mol. The Morgan fingerprint density at radius 1 is 0.886 bits per heavy atom. The topological polar surface area (TPSA) is 79.5 Å². The Labute approximate surface area is 285 Å². The van der Waals surface area contributed by atoms with E-state index in [4.69, 9.17) is 4.74 Å². The zero-order chi connectivity index (χ0) is 28.9. The van der Waals surface area contributed by atoms with E-state index in [1.54, 1.807) is 12.1 Å². The summed E-state index contributed by atoms with van der Waals surface area (Å²) in [6.07, 6.45) is 10.7. The minimum absolute atomic E-state index is 0. The van der Waals surface area contributed by atoms with Crippen molar-refractivity contribution in [2.45, 2.75) is 106 Å². The zero-order valence-corrected chi connectivity index (χ0v) is 30.0. The Kier molecular flexibility index (Phi) is 13.2. The van der Waals surface area contributed by atoms with Gasteiger partial charge in [0.05, 0.1) is 16.8 Å². The van der Waals surface area contributed by atoms with Gasteiger partial charge in [0.25, 0.3) is 0 Å². The lowest BCUT2D eigenvalue weighted by atomic mass is 9.84. The van der Waals surface area contributed by atoms with Gasteiger partial charge in [-0.15, -0.1) is 34.0 Å². The number of nitrogens with one attached hydrogen (secondary N) is 3. The molecule has 6 rings (SSSR count). The molecule has 44 heavy (non-hydrogen) atoms. The number of unbranched alkanes of at least 4 members (excludes halogenated alkanes) is 2. The minimum atomic E-state index is -3.56. The first-order chi connectivity index (χ1) is 20.5. The van der Waals surface area contributed by atoms with Crippen LogP contribution in [0.5, 0.6) is 5.75 Å². The summed E-state index contributed by atoms with van der Waals surface area (Å²) < 4.78 is 34.3. The summed E-state index contributed by atoms with van der Waals surface area (Å²) in [4.78, 5) is 0.386. The molecule has 0 spiro atoms. The average Bonchev–Trinajstić information content (AvgIpc) is 3.61. The summed E-state index contributed by atoms with van der Waals surface area (Å²) in [7, 11) is -3.56. The van der Waals surface area contributed by atoms with Crippen LogP contribution in [0.3, 0.4) is 0 Å². The number of benzene rings is 3. The van der Waals surface area contributed by atoms with E-state index < -0.39 is 15.1 Å². The Morgan fingerprint density at radius 3 is 2.39 bits per heavy atom. The highest BCUT2D eigenvalue weighted by Gasteiger charge is 2.57. The number of fused-ring (bicyclic) bond motifs is 3. The summed E-state index contributed by atoms with van der Waals surface area (Å²) >= 11 is 0. The highest BCUT2D eigenvalue weighted by molar-refractivity contribution is 8.93. The first-order valence-electron chi connectivity index (χ1n) is 16.2. The molecule has 242 valence electrons. The van der Waals surface area contributed by atoms with Gasteiger partial charge in [0.2, 0.25) is 0 Å². The van der Waals surface area contributed by atoms with Crippen molar-refractivity contribution in [1.82, 2.24) is 16.0 Å². The number of hydrogen-bond acceptors (Lipinski definition) is 6. The van der Waals surface area contributed by atoms with Gasteiger partial charge in [-0.1, -0.05) is 75.4 Å². The number of rotatable bonds is 13. The molecule has 3 aromatic carbocycles. The number of ether oxygens (including phenoxy) is 1. The van der Waals surface area contributed by atoms with Crippen molar-refractivity contribution in [2.24, 2.45) is 5.92 Å². The van der Waals surface area contributed by atoms with Gasteiger partial charge in [0.15, 0.2) is 9.84 Å². The Morgan fingerprint density at radius 2 is 1.64 bits per heavy atom. The molecule has 1 saturated carbocycles. The molecule has 9 heteroatoms. The van der Waals surface area contributed by atoms with Crippen molar-refractivity contribution in [3.05, 3.63) is 72.3 Å². The Bertz CT molecular complexity index is 1430. The Balaban J connectivity index is 0.00000221. The summed E-state index contributed by atoms with van der Waals surface area (Å²) in [6, 6.07) is 22.5. The molecule has 2 heterocycles. The molecule has 2 bridgehead atoms. The van der Waals surface area contributed by atoms with Crippen LogP contribution in [-0.2, 0) is 16.4 Å². The van der Waals surface area contributed by atoms with Gasteiger partial charge in [-0.05, 0) is 84.8 Å². The smallest absolute Gasteiger partial charge is 0.184 e. The molecular weight excluding hydrogens is 702 g/mol. The lowest BCUT2D eigenvalue weighted by Crippen LogP contribution is -2.55. The third-order valence-corrected chi connectivity index (χ3v) is 12.0. The second kappa shape index (κ2) is 16.4. The third kappa shape index (κ3) is 8.07. The van der Waals surface area contributed by atoms with Crippen molar-refractivity contribution in [3.8, 4) is 5.75 Å². The standard InChI is InChI=1S/C35H47N3O3S.2BrH/c1-2-3-9-20-41-30-16-18-31(19-17-30)42(39,40)35-32-22-28(24-36-29-12-5-4-6-13-29)33(38-32)34(35)37-23-25-14-15-26-10-7-8-11-27(26)21-25;;/h7-8,10-11,14-19,21,28-29,32-38H,2-6,9,12-13,20,22-24H2,1H3;2*1H/t28-,32-,33+,34+,35+;;/m0../s1. The van der Waals surface area contributed by atoms with Crippen LogP contribution >= 0.6 is 34.0 Å². The maximum atomic E-state index is 14.2. The first-order valence-corrected chi connectivity index (χ1v) is 17.7. The van der Waals surface area contributed by atoms with E-state index in [1.807, 2.05) is 12.1 Å². The van der Waals surface area contributed by atoms with E-state index in [0.29, 0.717) is 30.0 Å². The van der Waals surface area contributed by atoms with Gasteiger partial charge in [0.1, 0.15) is 5.75 Å². The van der Waals surface area contributed by atoms with E-state index in [2.05, 4.69) is 65.3 Å². The average molecular weight is 752 g/mol. The number of hydrogen-bond donors (Lipinski definition) is 3. The van der Waals surface area contributed by atoms with Crippen molar-refractivity contribution in [3.63, 3.8) is 0 Å². The molecule has 3 N–H and O–H groups in total. The van der Waals surface area contributed by atoms with Gasteiger partial charge in [-0.25, -0.2) is 8.42 Å². The van der Waals surface area contributed by atoms with Crippen molar-refractivity contribution < 1.29 is 13.2 Å². The fourth-order valence-electron chi connectivity index (χ4n) is 7.50. The molecule has 0 amide bonds. The van der Waals surface area contributed by atoms with Crippen LogP contribution in [0.2, 0.25) is 0 Å². The molecule has 0 radical (unpaired) electrons. The molecule has 3 aliphatic rings. The van der Waals surface area contributed by atoms with E-state index in [-0.39, 0.29) is 52.1 Å². The van der Waals surface area contributed by atoms with Gasteiger partial charge in [0, 0.05) is 30.7 Å². The molecule has 6 nitrogen and oxygen atoms in total. The van der Waals surface area contributed by atoms with Crippen molar-refractivity contribution in [2.75, 3.05) is 13.2 Å². The quantitative estimate of drug-likeness (QED) is 0.161. The van der Waals surface area contributed by atoms with Crippen LogP contribution in [0.1, 0.15) is 70.3 Å².